The van der Waals surface area contributed by atoms with Gasteiger partial charge in [0.05, 0.1) is 12.0 Å². The summed E-state index contributed by atoms with van der Waals surface area (Å²) in [5.41, 5.74) is 1.08. The molecule has 0 spiro atoms. The van der Waals surface area contributed by atoms with Gasteiger partial charge in [0.2, 0.25) is 0 Å². The van der Waals surface area contributed by atoms with E-state index in [4.69, 9.17) is 16.3 Å². The molecule has 0 N–H and O–H groups in total. The van der Waals surface area contributed by atoms with Gasteiger partial charge in [0.1, 0.15) is 5.75 Å². The lowest BCUT2D eigenvalue weighted by atomic mass is 10.1. The molecule has 1 fully saturated rings. The molecule has 0 bridgehead atoms. The number of amides is 1. The molecule has 4 nitrogen and oxygen atoms in total. The fourth-order valence-corrected chi connectivity index (χ4v) is 3.66. The van der Waals surface area contributed by atoms with Crippen molar-refractivity contribution in [3.63, 3.8) is 0 Å². The molecule has 0 unspecified atom stereocenters. The Hall–Kier alpha value is -1.56. The summed E-state index contributed by atoms with van der Waals surface area (Å²) in [5, 5.41) is 2.65. The predicted octanol–water partition coefficient (Wildman–Crippen LogP) is 3.37. The summed E-state index contributed by atoms with van der Waals surface area (Å²) >= 11 is 7.59. The SMILES string of the molecule is COc1ccc(Cl)cc1CN1CCN(C(=O)c2cccs2)CC1. The van der Waals surface area contributed by atoms with Crippen molar-refractivity contribution in [3.8, 4) is 5.75 Å². The van der Waals surface area contributed by atoms with E-state index < -0.39 is 0 Å². The van der Waals surface area contributed by atoms with Gasteiger partial charge in [-0.1, -0.05) is 17.7 Å². The van der Waals surface area contributed by atoms with Crippen molar-refractivity contribution in [1.82, 2.24) is 9.80 Å². The summed E-state index contributed by atoms with van der Waals surface area (Å²) in [6.07, 6.45) is 0. The van der Waals surface area contributed by atoms with E-state index in [9.17, 15) is 4.79 Å². The average Bonchev–Trinajstić information content (AvgIpc) is 3.10. The van der Waals surface area contributed by atoms with Gasteiger partial charge in [0.25, 0.3) is 5.91 Å². The van der Waals surface area contributed by atoms with Gasteiger partial charge in [-0.2, -0.15) is 0 Å². The van der Waals surface area contributed by atoms with Gasteiger partial charge < -0.3 is 9.64 Å². The first-order valence-corrected chi connectivity index (χ1v) is 8.80. The maximum atomic E-state index is 12.4. The maximum Gasteiger partial charge on any atom is 0.264 e. The van der Waals surface area contributed by atoms with Gasteiger partial charge in [-0.05, 0) is 29.6 Å². The molecule has 0 aliphatic carbocycles. The number of piperazine rings is 1. The molecule has 1 aromatic heterocycles. The monoisotopic (exact) mass is 350 g/mol. The zero-order valence-corrected chi connectivity index (χ0v) is 14.6. The van der Waals surface area contributed by atoms with E-state index >= 15 is 0 Å². The van der Waals surface area contributed by atoms with Gasteiger partial charge >= 0.3 is 0 Å². The Morgan fingerprint density at radius 1 is 1.26 bits per heavy atom. The Balaban J connectivity index is 1.59. The molecule has 1 aromatic carbocycles. The van der Waals surface area contributed by atoms with Crippen LogP contribution >= 0.6 is 22.9 Å². The first-order valence-electron chi connectivity index (χ1n) is 7.55. The summed E-state index contributed by atoms with van der Waals surface area (Å²) in [6, 6.07) is 9.48. The smallest absolute Gasteiger partial charge is 0.264 e. The van der Waals surface area contributed by atoms with Gasteiger partial charge in [-0.25, -0.2) is 0 Å². The van der Waals surface area contributed by atoms with Crippen LogP contribution in [0.15, 0.2) is 35.7 Å². The second-order valence-electron chi connectivity index (χ2n) is 5.50. The van der Waals surface area contributed by atoms with Crippen molar-refractivity contribution in [2.24, 2.45) is 0 Å². The van der Waals surface area contributed by atoms with Crippen LogP contribution in [0.4, 0.5) is 0 Å². The van der Waals surface area contributed by atoms with Crippen molar-refractivity contribution in [1.29, 1.82) is 0 Å². The zero-order chi connectivity index (χ0) is 16.2. The van der Waals surface area contributed by atoms with Crippen LogP contribution in [-0.4, -0.2) is 49.0 Å². The van der Waals surface area contributed by atoms with E-state index in [1.54, 1.807) is 7.11 Å². The quantitative estimate of drug-likeness (QED) is 0.847. The van der Waals surface area contributed by atoms with Gasteiger partial charge in [-0.3, -0.25) is 9.69 Å². The van der Waals surface area contributed by atoms with Crippen LogP contribution in [0, 0.1) is 0 Å². The van der Waals surface area contributed by atoms with Crippen LogP contribution in [0.25, 0.3) is 0 Å². The molecule has 2 heterocycles. The third-order valence-electron chi connectivity index (χ3n) is 4.03. The van der Waals surface area contributed by atoms with E-state index in [1.165, 1.54) is 11.3 Å². The van der Waals surface area contributed by atoms with Crippen molar-refractivity contribution in [2.75, 3.05) is 33.3 Å². The molecule has 0 atom stereocenters. The third-order valence-corrected chi connectivity index (χ3v) is 5.12. The Morgan fingerprint density at radius 2 is 2.04 bits per heavy atom. The topological polar surface area (TPSA) is 32.8 Å². The summed E-state index contributed by atoms with van der Waals surface area (Å²) in [6.45, 7) is 3.99. The van der Waals surface area contributed by atoms with Crippen LogP contribution in [0.2, 0.25) is 5.02 Å². The number of hydrogen-bond acceptors (Lipinski definition) is 4. The van der Waals surface area contributed by atoms with Crippen LogP contribution in [0.1, 0.15) is 15.2 Å². The molecule has 1 amide bonds. The lowest BCUT2D eigenvalue weighted by Gasteiger charge is -2.34. The number of hydrogen-bond donors (Lipinski definition) is 0. The summed E-state index contributed by atoms with van der Waals surface area (Å²) < 4.78 is 5.40. The Bertz CT molecular complexity index is 667. The van der Waals surface area contributed by atoms with E-state index in [1.807, 2.05) is 40.6 Å². The maximum absolute atomic E-state index is 12.4. The summed E-state index contributed by atoms with van der Waals surface area (Å²) in [7, 11) is 1.67. The first kappa shape index (κ1) is 16.3. The number of methoxy groups -OCH3 is 1. The van der Waals surface area contributed by atoms with Crippen LogP contribution < -0.4 is 4.74 Å². The van der Waals surface area contributed by atoms with Gasteiger partial charge in [0.15, 0.2) is 0 Å². The number of benzene rings is 1. The first-order chi connectivity index (χ1) is 11.2. The van der Waals surface area contributed by atoms with E-state index in [0.717, 1.165) is 48.9 Å². The number of carbonyl (C=O) groups is 1. The highest BCUT2D eigenvalue weighted by Crippen LogP contribution is 2.24. The van der Waals surface area contributed by atoms with Gasteiger partial charge in [-0.15, -0.1) is 11.3 Å². The normalized spacial score (nSPS) is 15.7. The zero-order valence-electron chi connectivity index (χ0n) is 13.0. The Kier molecular flexibility index (Phi) is 5.20. The molecular weight excluding hydrogens is 332 g/mol. The highest BCUT2D eigenvalue weighted by Gasteiger charge is 2.23. The van der Waals surface area contributed by atoms with Crippen LogP contribution in [0.3, 0.4) is 0 Å². The Morgan fingerprint density at radius 3 is 2.70 bits per heavy atom. The minimum absolute atomic E-state index is 0.139. The molecule has 1 aliphatic heterocycles. The molecule has 23 heavy (non-hydrogen) atoms. The van der Waals surface area contributed by atoms with Crippen molar-refractivity contribution >= 4 is 28.8 Å². The van der Waals surface area contributed by atoms with Crippen molar-refractivity contribution < 1.29 is 9.53 Å². The number of halogens is 1. The molecule has 2 aromatic rings. The second kappa shape index (κ2) is 7.34. The fourth-order valence-electron chi connectivity index (χ4n) is 2.78. The molecule has 3 rings (SSSR count). The lowest BCUT2D eigenvalue weighted by molar-refractivity contribution is 0.0632. The largest absolute Gasteiger partial charge is 0.496 e. The number of carbonyl (C=O) groups excluding carboxylic acids is 1. The summed E-state index contributed by atoms with van der Waals surface area (Å²) in [5.74, 6) is 0.992. The Labute approximate surface area is 145 Å². The third kappa shape index (κ3) is 3.86. The number of nitrogens with zero attached hydrogens (tertiary/aromatic N) is 2. The standard InChI is InChI=1S/C17H19ClN2O2S/c1-22-15-5-4-14(18)11-13(15)12-19-6-8-20(9-7-19)17(21)16-3-2-10-23-16/h2-5,10-11H,6-9,12H2,1H3. The molecule has 0 radical (unpaired) electrons. The minimum Gasteiger partial charge on any atom is -0.496 e. The van der Waals surface area contributed by atoms with Crippen molar-refractivity contribution in [3.05, 3.63) is 51.2 Å². The van der Waals surface area contributed by atoms with E-state index in [2.05, 4.69) is 4.90 Å². The fraction of sp³-hybridized carbons (Fsp3) is 0.353. The van der Waals surface area contributed by atoms with Crippen molar-refractivity contribution in [2.45, 2.75) is 6.54 Å². The molecule has 122 valence electrons. The lowest BCUT2D eigenvalue weighted by Crippen LogP contribution is -2.48. The molecule has 1 aliphatic rings. The van der Waals surface area contributed by atoms with E-state index in [0.29, 0.717) is 5.02 Å². The molecule has 6 heteroatoms. The summed E-state index contributed by atoms with van der Waals surface area (Å²) in [4.78, 5) is 17.4. The van der Waals surface area contributed by atoms with Gasteiger partial charge in [0, 0.05) is 43.3 Å². The van der Waals surface area contributed by atoms with Crippen LogP contribution in [0.5, 0.6) is 5.75 Å². The number of thiophene rings is 1. The molecule has 0 saturated carbocycles. The highest BCUT2D eigenvalue weighted by atomic mass is 35.5. The van der Waals surface area contributed by atoms with Crippen LogP contribution in [-0.2, 0) is 6.54 Å². The number of ether oxygens (including phenoxy) is 1. The second-order valence-corrected chi connectivity index (χ2v) is 6.89. The molecular formula is C17H19ClN2O2S. The number of rotatable bonds is 4. The minimum atomic E-state index is 0.139. The molecule has 1 saturated heterocycles. The van der Waals surface area contributed by atoms with E-state index in [-0.39, 0.29) is 5.91 Å². The highest BCUT2D eigenvalue weighted by molar-refractivity contribution is 7.12. The average molecular weight is 351 g/mol. The predicted molar refractivity (Wildman–Crippen MR) is 93.5 cm³/mol.